The maximum atomic E-state index is 9.23. The van der Waals surface area contributed by atoms with Crippen LogP contribution in [-0.2, 0) is 0 Å². The van der Waals surface area contributed by atoms with E-state index in [-0.39, 0.29) is 0 Å². The summed E-state index contributed by atoms with van der Waals surface area (Å²) in [5, 5.41) is 9.23. The minimum atomic E-state index is 0.517. The second-order valence-corrected chi connectivity index (χ2v) is 4.56. The van der Waals surface area contributed by atoms with Crippen LogP contribution >= 0.6 is 0 Å². The zero-order chi connectivity index (χ0) is 14.5. The molecule has 2 rings (SSSR count). The van der Waals surface area contributed by atoms with E-state index in [0.29, 0.717) is 16.9 Å². The maximum Gasteiger partial charge on any atom is 0.101 e. The van der Waals surface area contributed by atoms with Gasteiger partial charge in [-0.15, -0.1) is 0 Å². The fourth-order valence-corrected chi connectivity index (χ4v) is 1.71. The van der Waals surface area contributed by atoms with Crippen molar-refractivity contribution in [2.24, 2.45) is 4.99 Å². The molecular weight excluding hydrogens is 250 g/mol. The first-order valence-electron chi connectivity index (χ1n) is 6.06. The summed E-state index contributed by atoms with van der Waals surface area (Å²) in [5.41, 5.74) is 9.24. The van der Waals surface area contributed by atoms with Crippen LogP contribution in [0.3, 0.4) is 0 Å². The molecule has 0 saturated heterocycles. The number of aliphatic imine (C=N–C) groups is 1. The Morgan fingerprint density at radius 2 is 2.05 bits per heavy atom. The van der Waals surface area contributed by atoms with Gasteiger partial charge in [-0.3, -0.25) is 4.98 Å². The Balaban J connectivity index is 2.42. The quantitative estimate of drug-likeness (QED) is 0.683. The fourth-order valence-electron chi connectivity index (χ4n) is 1.71. The van der Waals surface area contributed by atoms with E-state index < -0.39 is 0 Å². The highest BCUT2D eigenvalue weighted by atomic mass is 15.1. The SMILES string of the molecule is CN(C)C=Nc1ccc(-c2cncc(N)c2)cc1C#N. The molecule has 1 aromatic heterocycles. The van der Waals surface area contributed by atoms with E-state index in [1.54, 1.807) is 24.8 Å². The van der Waals surface area contributed by atoms with Crippen LogP contribution < -0.4 is 5.73 Å². The van der Waals surface area contributed by atoms with Gasteiger partial charge in [-0.25, -0.2) is 4.99 Å². The lowest BCUT2D eigenvalue weighted by atomic mass is 10.0. The standard InChI is InChI=1S/C15H15N5/c1-20(2)10-19-15-4-3-11(5-12(15)7-16)13-6-14(17)9-18-8-13/h3-6,8-10H,17H2,1-2H3. The number of hydrogen-bond donors (Lipinski definition) is 1. The number of pyridine rings is 1. The van der Waals surface area contributed by atoms with Crippen LogP contribution in [0.25, 0.3) is 11.1 Å². The number of nitriles is 1. The van der Waals surface area contributed by atoms with Crippen molar-refractivity contribution in [2.75, 3.05) is 19.8 Å². The van der Waals surface area contributed by atoms with E-state index in [1.807, 2.05) is 37.2 Å². The molecule has 1 heterocycles. The summed E-state index contributed by atoms with van der Waals surface area (Å²) < 4.78 is 0. The van der Waals surface area contributed by atoms with E-state index in [4.69, 9.17) is 5.73 Å². The molecule has 0 aliphatic carbocycles. The number of benzene rings is 1. The zero-order valence-electron chi connectivity index (χ0n) is 11.4. The van der Waals surface area contributed by atoms with E-state index in [9.17, 15) is 5.26 Å². The van der Waals surface area contributed by atoms with Crippen molar-refractivity contribution in [2.45, 2.75) is 0 Å². The molecule has 100 valence electrons. The summed E-state index contributed by atoms with van der Waals surface area (Å²) >= 11 is 0. The summed E-state index contributed by atoms with van der Waals surface area (Å²) in [6.45, 7) is 0. The van der Waals surface area contributed by atoms with Gasteiger partial charge in [0.05, 0.1) is 23.3 Å². The van der Waals surface area contributed by atoms with Crippen molar-refractivity contribution < 1.29 is 0 Å². The van der Waals surface area contributed by atoms with Gasteiger partial charge in [0.15, 0.2) is 0 Å². The third kappa shape index (κ3) is 3.12. The third-order valence-corrected chi connectivity index (χ3v) is 2.64. The normalized spacial score (nSPS) is 10.4. The van der Waals surface area contributed by atoms with E-state index >= 15 is 0 Å². The Morgan fingerprint density at radius 3 is 2.70 bits per heavy atom. The molecule has 0 radical (unpaired) electrons. The number of nitrogens with zero attached hydrogens (tertiary/aromatic N) is 4. The van der Waals surface area contributed by atoms with Crippen LogP contribution in [0, 0.1) is 11.3 Å². The molecular formula is C15H15N5. The van der Waals surface area contributed by atoms with Crippen LogP contribution in [0.2, 0.25) is 0 Å². The molecule has 0 aliphatic heterocycles. The molecule has 0 fully saturated rings. The Kier molecular flexibility index (Phi) is 3.96. The molecule has 0 spiro atoms. The van der Waals surface area contributed by atoms with Gasteiger partial charge in [-0.1, -0.05) is 6.07 Å². The second kappa shape index (κ2) is 5.85. The number of nitrogens with two attached hydrogens (primary N) is 1. The number of rotatable bonds is 3. The molecule has 0 atom stereocenters. The highest BCUT2D eigenvalue weighted by Crippen LogP contribution is 2.26. The summed E-state index contributed by atoms with van der Waals surface area (Å²) in [5.74, 6) is 0. The van der Waals surface area contributed by atoms with Gasteiger partial charge in [-0.2, -0.15) is 5.26 Å². The average Bonchev–Trinajstić information content (AvgIpc) is 2.44. The Labute approximate surface area is 118 Å². The molecule has 0 saturated carbocycles. The molecule has 5 nitrogen and oxygen atoms in total. The predicted molar refractivity (Wildman–Crippen MR) is 80.6 cm³/mol. The van der Waals surface area contributed by atoms with E-state index in [1.165, 1.54) is 0 Å². The first-order valence-corrected chi connectivity index (χ1v) is 6.06. The summed E-state index contributed by atoms with van der Waals surface area (Å²) in [4.78, 5) is 10.1. The van der Waals surface area contributed by atoms with Gasteiger partial charge in [0, 0.05) is 32.1 Å². The van der Waals surface area contributed by atoms with Gasteiger partial charge in [0.2, 0.25) is 0 Å². The highest BCUT2D eigenvalue weighted by molar-refractivity contribution is 5.73. The van der Waals surface area contributed by atoms with Crippen LogP contribution in [0.5, 0.6) is 0 Å². The van der Waals surface area contributed by atoms with Gasteiger partial charge in [0.25, 0.3) is 0 Å². The summed E-state index contributed by atoms with van der Waals surface area (Å²) in [6, 6.07) is 9.50. The average molecular weight is 265 g/mol. The maximum absolute atomic E-state index is 9.23. The van der Waals surface area contributed by atoms with Crippen molar-refractivity contribution in [1.82, 2.24) is 9.88 Å². The van der Waals surface area contributed by atoms with Gasteiger partial charge < -0.3 is 10.6 Å². The number of hydrogen-bond acceptors (Lipinski definition) is 4. The first-order chi connectivity index (χ1) is 9.60. The smallest absolute Gasteiger partial charge is 0.101 e. The van der Waals surface area contributed by atoms with Crippen molar-refractivity contribution in [3.63, 3.8) is 0 Å². The van der Waals surface area contributed by atoms with Crippen molar-refractivity contribution >= 4 is 17.7 Å². The van der Waals surface area contributed by atoms with Crippen LogP contribution in [-0.4, -0.2) is 30.3 Å². The second-order valence-electron chi connectivity index (χ2n) is 4.56. The Bertz CT molecular complexity index is 683. The number of aromatic nitrogens is 1. The van der Waals surface area contributed by atoms with Gasteiger partial charge in [0.1, 0.15) is 6.07 Å². The molecule has 1 aromatic carbocycles. The fraction of sp³-hybridized carbons (Fsp3) is 0.133. The zero-order valence-corrected chi connectivity index (χ0v) is 11.4. The molecule has 2 N–H and O–H groups in total. The van der Waals surface area contributed by atoms with Crippen LogP contribution in [0.15, 0.2) is 41.7 Å². The third-order valence-electron chi connectivity index (χ3n) is 2.64. The van der Waals surface area contributed by atoms with Crippen LogP contribution in [0.1, 0.15) is 5.56 Å². The lowest BCUT2D eigenvalue weighted by Crippen LogP contribution is -2.07. The Morgan fingerprint density at radius 1 is 1.25 bits per heavy atom. The number of anilines is 1. The number of nitrogen functional groups attached to an aromatic ring is 1. The predicted octanol–water partition coefficient (Wildman–Crippen LogP) is 2.42. The minimum Gasteiger partial charge on any atom is -0.397 e. The van der Waals surface area contributed by atoms with Crippen molar-refractivity contribution in [1.29, 1.82) is 5.26 Å². The molecule has 5 heteroatoms. The monoisotopic (exact) mass is 265 g/mol. The van der Waals surface area contributed by atoms with E-state index in [2.05, 4.69) is 16.0 Å². The van der Waals surface area contributed by atoms with E-state index in [0.717, 1.165) is 11.1 Å². The first kappa shape index (κ1) is 13.6. The summed E-state index contributed by atoms with van der Waals surface area (Å²) in [6.07, 6.45) is 4.97. The lowest BCUT2D eigenvalue weighted by Gasteiger charge is -2.06. The van der Waals surface area contributed by atoms with Gasteiger partial charge in [-0.05, 0) is 23.8 Å². The van der Waals surface area contributed by atoms with Crippen molar-refractivity contribution in [3.05, 3.63) is 42.2 Å². The van der Waals surface area contributed by atoms with Gasteiger partial charge >= 0.3 is 0 Å². The Hall–Kier alpha value is -2.87. The topological polar surface area (TPSA) is 78.3 Å². The molecule has 0 aliphatic rings. The molecule has 0 bridgehead atoms. The van der Waals surface area contributed by atoms with Crippen LogP contribution in [0.4, 0.5) is 11.4 Å². The summed E-state index contributed by atoms with van der Waals surface area (Å²) in [7, 11) is 3.75. The molecule has 0 amide bonds. The van der Waals surface area contributed by atoms with Crippen molar-refractivity contribution in [3.8, 4) is 17.2 Å². The minimum absolute atomic E-state index is 0.517. The molecule has 2 aromatic rings. The lowest BCUT2D eigenvalue weighted by molar-refractivity contribution is 0.643. The molecule has 0 unspecified atom stereocenters. The highest BCUT2D eigenvalue weighted by Gasteiger charge is 2.05. The largest absolute Gasteiger partial charge is 0.397 e. The molecule has 20 heavy (non-hydrogen) atoms.